The van der Waals surface area contributed by atoms with Gasteiger partial charge in [-0.2, -0.15) is 0 Å². The number of anilines is 1. The third-order valence-corrected chi connectivity index (χ3v) is 4.42. The molecule has 0 heterocycles. The van der Waals surface area contributed by atoms with E-state index in [-0.39, 0.29) is 23.7 Å². The molecule has 0 spiro atoms. The van der Waals surface area contributed by atoms with Gasteiger partial charge in [0, 0.05) is 12.8 Å². The number of nitrogens with one attached hydrogen (secondary N) is 2. The van der Waals surface area contributed by atoms with E-state index in [1.54, 1.807) is 30.3 Å². The summed E-state index contributed by atoms with van der Waals surface area (Å²) >= 11 is 0. The number of rotatable bonds is 5. The fourth-order valence-corrected chi connectivity index (χ4v) is 2.96. The maximum Gasteiger partial charge on any atom is 0.319 e. The fraction of sp³-hybridized carbons (Fsp3) is 0.188. The summed E-state index contributed by atoms with van der Waals surface area (Å²) in [5.41, 5.74) is 1.74. The minimum Gasteiger partial charge on any atom is -0.392 e. The summed E-state index contributed by atoms with van der Waals surface area (Å²) in [6.07, 6.45) is 1.09. The number of sulfone groups is 1. The van der Waals surface area contributed by atoms with Gasteiger partial charge in [-0.1, -0.05) is 36.4 Å². The van der Waals surface area contributed by atoms with Crippen LogP contribution in [0.5, 0.6) is 0 Å². The van der Waals surface area contributed by atoms with Crippen molar-refractivity contribution in [3.05, 3.63) is 59.7 Å². The van der Waals surface area contributed by atoms with Crippen LogP contribution in [0.25, 0.3) is 0 Å². The van der Waals surface area contributed by atoms with Gasteiger partial charge in [0.15, 0.2) is 9.84 Å². The van der Waals surface area contributed by atoms with Crippen LogP contribution < -0.4 is 10.6 Å². The summed E-state index contributed by atoms with van der Waals surface area (Å²) in [5.74, 6) is 0. The highest BCUT2D eigenvalue weighted by molar-refractivity contribution is 7.90. The first-order chi connectivity index (χ1) is 10.9. The number of amides is 2. The quantitative estimate of drug-likeness (QED) is 0.778. The van der Waals surface area contributed by atoms with E-state index in [0.29, 0.717) is 0 Å². The van der Waals surface area contributed by atoms with Crippen LogP contribution in [-0.4, -0.2) is 25.8 Å². The number of urea groups is 1. The summed E-state index contributed by atoms with van der Waals surface area (Å²) in [7, 11) is -3.43. The minimum absolute atomic E-state index is 0.0610. The molecule has 0 fully saturated rings. The Balaban J connectivity index is 2.07. The van der Waals surface area contributed by atoms with Crippen LogP contribution in [0, 0.1) is 0 Å². The van der Waals surface area contributed by atoms with Crippen molar-refractivity contribution in [2.75, 3.05) is 11.6 Å². The molecule has 0 radical (unpaired) electrons. The highest BCUT2D eigenvalue weighted by atomic mass is 32.2. The number of hydrogen-bond donors (Lipinski definition) is 3. The molecule has 0 unspecified atom stereocenters. The first kappa shape index (κ1) is 17.0. The van der Waals surface area contributed by atoms with Crippen LogP contribution in [0.2, 0.25) is 0 Å². The summed E-state index contributed by atoms with van der Waals surface area (Å²) in [6.45, 7) is 0.111. The largest absolute Gasteiger partial charge is 0.392 e. The van der Waals surface area contributed by atoms with Gasteiger partial charge in [-0.05, 0) is 23.3 Å². The number of aliphatic hydroxyl groups excluding tert-OH is 1. The van der Waals surface area contributed by atoms with Gasteiger partial charge in [-0.15, -0.1) is 0 Å². The Labute approximate surface area is 135 Å². The van der Waals surface area contributed by atoms with Crippen molar-refractivity contribution in [3.63, 3.8) is 0 Å². The maximum atomic E-state index is 12.0. The van der Waals surface area contributed by atoms with Gasteiger partial charge in [-0.3, -0.25) is 0 Å². The lowest BCUT2D eigenvalue weighted by atomic mass is 10.1. The van der Waals surface area contributed by atoms with Crippen LogP contribution in [0.1, 0.15) is 11.1 Å². The zero-order chi connectivity index (χ0) is 16.9. The molecule has 2 aromatic carbocycles. The van der Waals surface area contributed by atoms with Crippen LogP contribution in [0.4, 0.5) is 10.5 Å². The zero-order valence-corrected chi connectivity index (χ0v) is 13.4. The molecule has 0 saturated heterocycles. The van der Waals surface area contributed by atoms with Crippen LogP contribution in [-0.2, 0) is 23.0 Å². The van der Waals surface area contributed by atoms with E-state index in [1.165, 1.54) is 12.1 Å². The second-order valence-electron chi connectivity index (χ2n) is 5.00. The Hall–Kier alpha value is -2.38. The van der Waals surface area contributed by atoms with Crippen molar-refractivity contribution >= 4 is 21.6 Å². The Morgan fingerprint density at radius 3 is 2.30 bits per heavy atom. The number of benzene rings is 2. The van der Waals surface area contributed by atoms with E-state index in [2.05, 4.69) is 10.6 Å². The molecular weight excluding hydrogens is 316 g/mol. The van der Waals surface area contributed by atoms with Gasteiger partial charge in [0.05, 0.1) is 17.2 Å². The molecule has 0 aromatic heterocycles. The first-order valence-electron chi connectivity index (χ1n) is 6.93. The number of para-hydroxylation sites is 1. The third kappa shape index (κ3) is 4.54. The van der Waals surface area contributed by atoms with Crippen molar-refractivity contribution in [2.45, 2.75) is 18.0 Å². The Kier molecular flexibility index (Phi) is 5.36. The minimum atomic E-state index is -3.43. The lowest BCUT2D eigenvalue weighted by molar-refractivity contribution is 0.251. The number of carbonyl (C=O) groups is 1. The molecule has 2 amide bonds. The highest BCUT2D eigenvalue weighted by Crippen LogP contribution is 2.20. The molecule has 2 aromatic rings. The van der Waals surface area contributed by atoms with Crippen LogP contribution in [0.3, 0.4) is 0 Å². The Morgan fingerprint density at radius 1 is 1.04 bits per heavy atom. The molecular formula is C16H18N2O4S. The van der Waals surface area contributed by atoms with E-state index in [1.807, 2.05) is 6.07 Å². The van der Waals surface area contributed by atoms with Crippen molar-refractivity contribution in [3.8, 4) is 0 Å². The lowest BCUT2D eigenvalue weighted by Gasteiger charge is -2.12. The van der Waals surface area contributed by atoms with Gasteiger partial charge in [0.1, 0.15) is 0 Å². The average molecular weight is 334 g/mol. The SMILES string of the molecule is CS(=O)(=O)c1ccccc1NC(=O)NCc1ccccc1CO. The summed E-state index contributed by atoms with van der Waals surface area (Å²) in [5, 5.41) is 14.4. The second kappa shape index (κ2) is 7.26. The Morgan fingerprint density at radius 2 is 1.65 bits per heavy atom. The van der Waals surface area contributed by atoms with E-state index in [9.17, 15) is 18.3 Å². The topological polar surface area (TPSA) is 95.5 Å². The average Bonchev–Trinajstić information content (AvgIpc) is 2.52. The smallest absolute Gasteiger partial charge is 0.319 e. The number of carbonyl (C=O) groups excluding carboxylic acids is 1. The van der Waals surface area contributed by atoms with Gasteiger partial charge < -0.3 is 15.7 Å². The molecule has 3 N–H and O–H groups in total. The molecule has 2 rings (SSSR count). The predicted octanol–water partition coefficient (Wildman–Crippen LogP) is 1.90. The molecule has 0 saturated carbocycles. The van der Waals surface area contributed by atoms with E-state index in [0.717, 1.165) is 17.4 Å². The molecule has 0 aliphatic carbocycles. The fourth-order valence-electron chi connectivity index (χ4n) is 2.12. The Bertz CT molecular complexity index is 803. The number of hydrogen-bond acceptors (Lipinski definition) is 4. The normalized spacial score (nSPS) is 11.0. The van der Waals surface area contributed by atoms with Crippen LogP contribution >= 0.6 is 0 Å². The highest BCUT2D eigenvalue weighted by Gasteiger charge is 2.14. The summed E-state index contributed by atoms with van der Waals surface area (Å²) < 4.78 is 23.4. The monoisotopic (exact) mass is 334 g/mol. The maximum absolute atomic E-state index is 12.0. The molecule has 6 nitrogen and oxygen atoms in total. The molecule has 0 atom stereocenters. The van der Waals surface area contributed by atoms with E-state index in [4.69, 9.17) is 0 Å². The number of aliphatic hydroxyl groups is 1. The second-order valence-corrected chi connectivity index (χ2v) is 6.99. The van der Waals surface area contributed by atoms with E-state index >= 15 is 0 Å². The van der Waals surface area contributed by atoms with Gasteiger partial charge in [-0.25, -0.2) is 13.2 Å². The molecule has 0 aliphatic rings. The predicted molar refractivity (Wildman–Crippen MR) is 87.8 cm³/mol. The zero-order valence-electron chi connectivity index (χ0n) is 12.6. The summed E-state index contributed by atoms with van der Waals surface area (Å²) in [6, 6.07) is 12.9. The van der Waals surface area contributed by atoms with Crippen molar-refractivity contribution < 1.29 is 18.3 Å². The molecule has 0 aliphatic heterocycles. The lowest BCUT2D eigenvalue weighted by Crippen LogP contribution is -2.29. The van der Waals surface area contributed by atoms with Gasteiger partial charge in [0.2, 0.25) is 0 Å². The van der Waals surface area contributed by atoms with Crippen LogP contribution in [0.15, 0.2) is 53.4 Å². The van der Waals surface area contributed by atoms with Gasteiger partial charge in [0.25, 0.3) is 0 Å². The third-order valence-electron chi connectivity index (χ3n) is 3.26. The van der Waals surface area contributed by atoms with Crippen molar-refractivity contribution in [1.29, 1.82) is 0 Å². The standard InChI is InChI=1S/C16H18N2O4S/c1-23(21,22)15-9-5-4-8-14(15)18-16(20)17-10-12-6-2-3-7-13(12)11-19/h2-9,19H,10-11H2,1H3,(H2,17,18,20). The molecule has 122 valence electrons. The van der Waals surface area contributed by atoms with Crippen molar-refractivity contribution in [2.24, 2.45) is 0 Å². The van der Waals surface area contributed by atoms with E-state index < -0.39 is 15.9 Å². The molecule has 0 bridgehead atoms. The molecule has 7 heteroatoms. The summed E-state index contributed by atoms with van der Waals surface area (Å²) in [4.78, 5) is 12.0. The van der Waals surface area contributed by atoms with Crippen molar-refractivity contribution in [1.82, 2.24) is 5.32 Å². The molecule has 23 heavy (non-hydrogen) atoms. The first-order valence-corrected chi connectivity index (χ1v) is 8.82. The van der Waals surface area contributed by atoms with Gasteiger partial charge >= 0.3 is 6.03 Å².